The Hall–Kier alpha value is -0.780. The van der Waals surface area contributed by atoms with Gasteiger partial charge in [-0.25, -0.2) is 0 Å². The van der Waals surface area contributed by atoms with Gasteiger partial charge in [0.15, 0.2) is 11.5 Å². The van der Waals surface area contributed by atoms with Crippen LogP contribution >= 0.6 is 15.9 Å². The summed E-state index contributed by atoms with van der Waals surface area (Å²) in [6, 6.07) is 4.63. The molecule has 1 saturated heterocycles. The number of ether oxygens (including phenoxy) is 2. The Bertz CT molecular complexity index is 501. The summed E-state index contributed by atoms with van der Waals surface area (Å²) < 4.78 is 12.1. The maximum Gasteiger partial charge on any atom is 0.231 e. The van der Waals surface area contributed by atoms with E-state index in [-0.39, 0.29) is 0 Å². The lowest BCUT2D eigenvalue weighted by Gasteiger charge is -2.36. The van der Waals surface area contributed by atoms with Crippen molar-refractivity contribution in [2.45, 2.75) is 26.3 Å². The van der Waals surface area contributed by atoms with Gasteiger partial charge in [0.1, 0.15) is 0 Å². The zero-order valence-electron chi connectivity index (χ0n) is 12.7. The molecule has 0 saturated carbocycles. The van der Waals surface area contributed by atoms with E-state index in [0.29, 0.717) is 18.8 Å². The van der Waals surface area contributed by atoms with Gasteiger partial charge in [-0.3, -0.25) is 4.90 Å². The van der Waals surface area contributed by atoms with E-state index in [9.17, 15) is 0 Å². The molecule has 0 bridgehead atoms. The molecule has 2 aliphatic heterocycles. The van der Waals surface area contributed by atoms with Crippen LogP contribution in [-0.2, 0) is 0 Å². The standard InChI is InChI=1S/C16H23BrN2O2/c1-11(2)7-14(19-5-3-18-4-6-19)12-8-15-16(9-13(12)17)21-10-20-15/h8-9,11,14,18H,3-7,10H2,1-2H3/t14-/m0/s1. The van der Waals surface area contributed by atoms with Gasteiger partial charge in [-0.05, 0) is 30.0 Å². The molecule has 1 atom stereocenters. The number of hydrogen-bond acceptors (Lipinski definition) is 4. The van der Waals surface area contributed by atoms with Gasteiger partial charge in [-0.15, -0.1) is 0 Å². The first-order chi connectivity index (χ1) is 10.1. The Morgan fingerprint density at radius 2 is 1.86 bits per heavy atom. The fourth-order valence-electron chi connectivity index (χ4n) is 3.10. The number of rotatable bonds is 4. The average molecular weight is 355 g/mol. The second-order valence-electron chi connectivity index (χ2n) is 6.16. The van der Waals surface area contributed by atoms with Crippen molar-refractivity contribution in [2.75, 3.05) is 33.0 Å². The van der Waals surface area contributed by atoms with E-state index < -0.39 is 0 Å². The van der Waals surface area contributed by atoms with E-state index in [0.717, 1.165) is 48.6 Å². The van der Waals surface area contributed by atoms with Crippen LogP contribution in [0.3, 0.4) is 0 Å². The van der Waals surface area contributed by atoms with Crippen molar-refractivity contribution in [2.24, 2.45) is 5.92 Å². The molecule has 5 heteroatoms. The molecule has 116 valence electrons. The quantitative estimate of drug-likeness (QED) is 0.900. The molecule has 3 rings (SSSR count). The van der Waals surface area contributed by atoms with Crippen LogP contribution < -0.4 is 14.8 Å². The zero-order chi connectivity index (χ0) is 14.8. The average Bonchev–Trinajstić information content (AvgIpc) is 2.92. The number of benzene rings is 1. The van der Waals surface area contributed by atoms with Gasteiger partial charge in [-0.1, -0.05) is 29.8 Å². The molecule has 21 heavy (non-hydrogen) atoms. The van der Waals surface area contributed by atoms with Crippen molar-refractivity contribution in [1.82, 2.24) is 10.2 Å². The minimum absolute atomic E-state index is 0.327. The van der Waals surface area contributed by atoms with E-state index in [1.54, 1.807) is 0 Å². The summed E-state index contributed by atoms with van der Waals surface area (Å²) in [6.45, 7) is 9.23. The van der Waals surface area contributed by atoms with E-state index in [1.165, 1.54) is 5.56 Å². The van der Waals surface area contributed by atoms with Gasteiger partial charge >= 0.3 is 0 Å². The third-order valence-corrected chi connectivity index (χ3v) is 4.82. The highest BCUT2D eigenvalue weighted by molar-refractivity contribution is 9.10. The maximum absolute atomic E-state index is 5.56. The lowest BCUT2D eigenvalue weighted by Crippen LogP contribution is -2.45. The summed E-state index contributed by atoms with van der Waals surface area (Å²) in [7, 11) is 0. The molecule has 0 spiro atoms. The van der Waals surface area contributed by atoms with Crippen LogP contribution in [0.1, 0.15) is 31.9 Å². The van der Waals surface area contributed by atoms with Crippen LogP contribution in [0, 0.1) is 5.92 Å². The van der Waals surface area contributed by atoms with Gasteiger partial charge in [-0.2, -0.15) is 0 Å². The van der Waals surface area contributed by atoms with E-state index in [2.05, 4.69) is 46.1 Å². The van der Waals surface area contributed by atoms with E-state index in [1.807, 2.05) is 6.07 Å². The summed E-state index contributed by atoms with van der Waals surface area (Å²) in [5.74, 6) is 2.37. The molecule has 2 aliphatic rings. The largest absolute Gasteiger partial charge is 0.454 e. The van der Waals surface area contributed by atoms with Crippen LogP contribution in [0.25, 0.3) is 0 Å². The highest BCUT2D eigenvalue weighted by Crippen LogP contribution is 2.42. The normalized spacial score (nSPS) is 20.0. The molecule has 1 fully saturated rings. The van der Waals surface area contributed by atoms with Crippen LogP contribution in [0.2, 0.25) is 0 Å². The van der Waals surface area contributed by atoms with E-state index in [4.69, 9.17) is 9.47 Å². The molecular formula is C16H23BrN2O2. The second kappa shape index (κ2) is 6.55. The van der Waals surface area contributed by atoms with Gasteiger partial charge in [0.2, 0.25) is 6.79 Å². The molecular weight excluding hydrogens is 332 g/mol. The molecule has 4 nitrogen and oxygen atoms in total. The first-order valence-corrected chi connectivity index (χ1v) is 8.48. The molecule has 1 aromatic rings. The minimum atomic E-state index is 0.327. The Labute approximate surface area is 134 Å². The number of halogens is 1. The Morgan fingerprint density at radius 1 is 1.19 bits per heavy atom. The fraction of sp³-hybridized carbons (Fsp3) is 0.625. The highest BCUT2D eigenvalue weighted by Gasteiger charge is 2.27. The fourth-order valence-corrected chi connectivity index (χ4v) is 3.69. The number of nitrogens with one attached hydrogen (secondary N) is 1. The molecule has 1 N–H and O–H groups in total. The highest BCUT2D eigenvalue weighted by atomic mass is 79.9. The van der Waals surface area contributed by atoms with Gasteiger partial charge in [0.25, 0.3) is 0 Å². The molecule has 2 heterocycles. The van der Waals surface area contributed by atoms with Crippen molar-refractivity contribution in [3.05, 3.63) is 22.2 Å². The molecule has 0 aromatic heterocycles. The van der Waals surface area contributed by atoms with Crippen LogP contribution in [-0.4, -0.2) is 37.9 Å². The Balaban J connectivity index is 1.91. The number of piperazine rings is 1. The summed E-state index contributed by atoms with van der Waals surface area (Å²) in [5, 5.41) is 3.43. The summed E-state index contributed by atoms with van der Waals surface area (Å²) in [6.07, 6.45) is 1.15. The molecule has 0 radical (unpaired) electrons. The van der Waals surface area contributed by atoms with Crippen molar-refractivity contribution < 1.29 is 9.47 Å². The summed E-state index contributed by atoms with van der Waals surface area (Å²) in [4.78, 5) is 2.58. The first kappa shape index (κ1) is 15.1. The van der Waals surface area contributed by atoms with Gasteiger partial charge < -0.3 is 14.8 Å². The lowest BCUT2D eigenvalue weighted by molar-refractivity contribution is 0.153. The molecule has 0 unspecified atom stereocenters. The van der Waals surface area contributed by atoms with Gasteiger partial charge in [0.05, 0.1) is 0 Å². The molecule has 1 aromatic carbocycles. The number of fused-ring (bicyclic) bond motifs is 1. The monoisotopic (exact) mass is 354 g/mol. The SMILES string of the molecule is CC(C)C[C@@H](c1cc2c(cc1Br)OCO2)N1CCNCC1. The van der Waals surface area contributed by atoms with Crippen molar-refractivity contribution in [3.8, 4) is 11.5 Å². The Kier molecular flexibility index (Phi) is 4.72. The second-order valence-corrected chi connectivity index (χ2v) is 7.01. The summed E-state index contributed by atoms with van der Waals surface area (Å²) in [5.41, 5.74) is 1.31. The molecule has 0 amide bonds. The predicted molar refractivity (Wildman–Crippen MR) is 86.9 cm³/mol. The topological polar surface area (TPSA) is 33.7 Å². The van der Waals surface area contributed by atoms with Crippen molar-refractivity contribution >= 4 is 15.9 Å². The number of nitrogens with zero attached hydrogens (tertiary/aromatic N) is 1. The van der Waals surface area contributed by atoms with Crippen LogP contribution in [0.15, 0.2) is 16.6 Å². The third kappa shape index (κ3) is 3.35. The van der Waals surface area contributed by atoms with E-state index >= 15 is 0 Å². The van der Waals surface area contributed by atoms with Crippen LogP contribution in [0.5, 0.6) is 11.5 Å². The van der Waals surface area contributed by atoms with Crippen molar-refractivity contribution in [3.63, 3.8) is 0 Å². The minimum Gasteiger partial charge on any atom is -0.454 e. The number of hydrogen-bond donors (Lipinski definition) is 1. The Morgan fingerprint density at radius 3 is 2.52 bits per heavy atom. The summed E-state index contributed by atoms with van der Waals surface area (Å²) >= 11 is 3.73. The van der Waals surface area contributed by atoms with Crippen LogP contribution in [0.4, 0.5) is 0 Å². The van der Waals surface area contributed by atoms with Crippen molar-refractivity contribution in [1.29, 1.82) is 0 Å². The first-order valence-electron chi connectivity index (χ1n) is 7.69. The molecule has 0 aliphatic carbocycles. The lowest BCUT2D eigenvalue weighted by atomic mass is 9.94. The predicted octanol–water partition coefficient (Wildman–Crippen LogP) is 3.17. The smallest absolute Gasteiger partial charge is 0.231 e. The third-order valence-electron chi connectivity index (χ3n) is 4.14. The van der Waals surface area contributed by atoms with Gasteiger partial charge in [0, 0.05) is 36.7 Å². The maximum atomic E-state index is 5.56. The zero-order valence-corrected chi connectivity index (χ0v) is 14.3.